The molecule has 0 aliphatic carbocycles. The van der Waals surface area contributed by atoms with Crippen LogP contribution >= 0.6 is 0 Å². The first-order chi connectivity index (χ1) is 7.72. The molecule has 2 aliphatic heterocycles. The van der Waals surface area contributed by atoms with Crippen LogP contribution in [-0.4, -0.2) is 42.8 Å². The summed E-state index contributed by atoms with van der Waals surface area (Å²) in [5.74, 6) is 0.545. The summed E-state index contributed by atoms with van der Waals surface area (Å²) in [6, 6.07) is 1.86. The molecule has 4 atom stereocenters. The summed E-state index contributed by atoms with van der Waals surface area (Å²) in [5.41, 5.74) is 6.18. The van der Waals surface area contributed by atoms with Gasteiger partial charge in [0, 0.05) is 37.2 Å². The fourth-order valence-corrected chi connectivity index (χ4v) is 3.17. The minimum absolute atomic E-state index is 0.346. The lowest BCUT2D eigenvalue weighted by atomic mass is 9.95. The maximum Gasteiger partial charge on any atom is 0.0521 e. The summed E-state index contributed by atoms with van der Waals surface area (Å²) in [5, 5.41) is 0. The van der Waals surface area contributed by atoms with E-state index in [1.807, 2.05) is 0 Å². The first-order valence-corrected chi connectivity index (χ1v) is 6.81. The molecule has 94 valence electrons. The Kier molecular flexibility index (Phi) is 4.22. The van der Waals surface area contributed by atoms with Crippen molar-refractivity contribution in [1.82, 2.24) is 4.90 Å². The topological polar surface area (TPSA) is 38.5 Å². The van der Waals surface area contributed by atoms with E-state index in [1.54, 1.807) is 0 Å². The van der Waals surface area contributed by atoms with E-state index in [1.165, 1.54) is 19.3 Å². The molecule has 0 aromatic heterocycles. The van der Waals surface area contributed by atoms with Gasteiger partial charge in [-0.05, 0) is 32.6 Å². The fourth-order valence-electron chi connectivity index (χ4n) is 3.17. The average molecular weight is 226 g/mol. The summed E-state index contributed by atoms with van der Waals surface area (Å²) in [7, 11) is 0. The van der Waals surface area contributed by atoms with Crippen molar-refractivity contribution in [3.63, 3.8) is 0 Å². The predicted octanol–water partition coefficient (Wildman–Crippen LogP) is 1.61. The molecule has 3 heteroatoms. The van der Waals surface area contributed by atoms with Crippen LogP contribution < -0.4 is 5.73 Å². The standard InChI is InChI=1S/C13H26N2O/c1-3-12-5-4-10(2)15(12)8-11-9-16-7-6-13(11)14/h10-13H,3-9,14H2,1-2H3. The van der Waals surface area contributed by atoms with E-state index >= 15 is 0 Å². The zero-order valence-electron chi connectivity index (χ0n) is 10.7. The van der Waals surface area contributed by atoms with Crippen molar-refractivity contribution in [3.05, 3.63) is 0 Å². The van der Waals surface area contributed by atoms with E-state index in [4.69, 9.17) is 10.5 Å². The van der Waals surface area contributed by atoms with E-state index in [0.717, 1.165) is 38.3 Å². The Labute approximate surface area is 99.3 Å². The Morgan fingerprint density at radius 3 is 2.81 bits per heavy atom. The van der Waals surface area contributed by atoms with Crippen molar-refractivity contribution < 1.29 is 4.74 Å². The van der Waals surface area contributed by atoms with E-state index in [-0.39, 0.29) is 0 Å². The minimum atomic E-state index is 0.346. The average Bonchev–Trinajstić information content (AvgIpc) is 2.63. The molecule has 2 aliphatic rings. The summed E-state index contributed by atoms with van der Waals surface area (Å²) in [6.07, 6.45) is 5.01. The van der Waals surface area contributed by atoms with Gasteiger partial charge < -0.3 is 10.5 Å². The number of hydrogen-bond donors (Lipinski definition) is 1. The van der Waals surface area contributed by atoms with Crippen molar-refractivity contribution >= 4 is 0 Å². The quantitative estimate of drug-likeness (QED) is 0.794. The number of nitrogens with zero attached hydrogens (tertiary/aromatic N) is 1. The minimum Gasteiger partial charge on any atom is -0.381 e. The highest BCUT2D eigenvalue weighted by Gasteiger charge is 2.33. The zero-order chi connectivity index (χ0) is 11.5. The second-order valence-electron chi connectivity index (χ2n) is 5.47. The Morgan fingerprint density at radius 1 is 1.31 bits per heavy atom. The zero-order valence-corrected chi connectivity index (χ0v) is 10.7. The molecule has 2 heterocycles. The predicted molar refractivity (Wildman–Crippen MR) is 66.4 cm³/mol. The number of rotatable bonds is 3. The highest BCUT2D eigenvalue weighted by Crippen LogP contribution is 2.28. The molecule has 2 saturated heterocycles. The van der Waals surface area contributed by atoms with Crippen LogP contribution in [0.3, 0.4) is 0 Å². The molecule has 0 saturated carbocycles. The maximum atomic E-state index is 6.18. The van der Waals surface area contributed by atoms with Crippen LogP contribution in [0.15, 0.2) is 0 Å². The highest BCUT2D eigenvalue weighted by molar-refractivity contribution is 4.88. The molecule has 0 bridgehead atoms. The molecule has 0 aromatic carbocycles. The van der Waals surface area contributed by atoms with Crippen molar-refractivity contribution in [2.45, 2.75) is 57.7 Å². The van der Waals surface area contributed by atoms with Gasteiger partial charge in [0.15, 0.2) is 0 Å². The van der Waals surface area contributed by atoms with Crippen molar-refractivity contribution in [2.24, 2.45) is 11.7 Å². The fraction of sp³-hybridized carbons (Fsp3) is 1.00. The second-order valence-corrected chi connectivity index (χ2v) is 5.47. The third-order valence-electron chi connectivity index (χ3n) is 4.40. The maximum absolute atomic E-state index is 6.18. The monoisotopic (exact) mass is 226 g/mol. The Balaban J connectivity index is 1.91. The summed E-state index contributed by atoms with van der Waals surface area (Å²) >= 11 is 0. The van der Waals surface area contributed by atoms with Crippen molar-refractivity contribution in [3.8, 4) is 0 Å². The van der Waals surface area contributed by atoms with Crippen LogP contribution in [0.4, 0.5) is 0 Å². The van der Waals surface area contributed by atoms with E-state index in [9.17, 15) is 0 Å². The van der Waals surface area contributed by atoms with Gasteiger partial charge in [-0.25, -0.2) is 0 Å². The lowest BCUT2D eigenvalue weighted by Gasteiger charge is -2.36. The van der Waals surface area contributed by atoms with Crippen LogP contribution in [0.5, 0.6) is 0 Å². The first kappa shape index (κ1) is 12.3. The van der Waals surface area contributed by atoms with Crippen molar-refractivity contribution in [1.29, 1.82) is 0 Å². The highest BCUT2D eigenvalue weighted by atomic mass is 16.5. The lowest BCUT2D eigenvalue weighted by molar-refractivity contribution is 0.0186. The molecule has 0 spiro atoms. The van der Waals surface area contributed by atoms with Gasteiger partial charge in [-0.1, -0.05) is 6.92 Å². The van der Waals surface area contributed by atoms with Crippen LogP contribution in [-0.2, 0) is 4.74 Å². The molecule has 16 heavy (non-hydrogen) atoms. The number of hydrogen-bond acceptors (Lipinski definition) is 3. The Morgan fingerprint density at radius 2 is 2.12 bits per heavy atom. The normalized spacial score (nSPS) is 41.4. The molecule has 4 unspecified atom stereocenters. The molecule has 2 rings (SSSR count). The second kappa shape index (κ2) is 5.48. The number of likely N-dealkylation sites (tertiary alicyclic amines) is 1. The van der Waals surface area contributed by atoms with Gasteiger partial charge >= 0.3 is 0 Å². The van der Waals surface area contributed by atoms with E-state index in [2.05, 4.69) is 18.7 Å². The third kappa shape index (κ3) is 2.58. The van der Waals surface area contributed by atoms with Gasteiger partial charge in [0.05, 0.1) is 6.61 Å². The summed E-state index contributed by atoms with van der Waals surface area (Å²) in [4.78, 5) is 2.67. The summed E-state index contributed by atoms with van der Waals surface area (Å²) < 4.78 is 5.56. The number of nitrogens with two attached hydrogens (primary N) is 1. The van der Waals surface area contributed by atoms with Gasteiger partial charge in [0.1, 0.15) is 0 Å². The largest absolute Gasteiger partial charge is 0.381 e. The van der Waals surface area contributed by atoms with Crippen LogP contribution in [0, 0.1) is 5.92 Å². The SMILES string of the molecule is CCC1CCC(C)N1CC1COCCC1N. The van der Waals surface area contributed by atoms with Crippen molar-refractivity contribution in [2.75, 3.05) is 19.8 Å². The van der Waals surface area contributed by atoms with E-state index < -0.39 is 0 Å². The molecule has 2 fully saturated rings. The summed E-state index contributed by atoms with van der Waals surface area (Å²) in [6.45, 7) is 7.50. The number of ether oxygens (including phenoxy) is 1. The molecular weight excluding hydrogens is 200 g/mol. The van der Waals surface area contributed by atoms with Gasteiger partial charge in [0.2, 0.25) is 0 Å². The first-order valence-electron chi connectivity index (χ1n) is 6.81. The molecule has 0 aromatic rings. The molecular formula is C13H26N2O. The lowest BCUT2D eigenvalue weighted by Crippen LogP contribution is -2.47. The molecule has 2 N–H and O–H groups in total. The smallest absolute Gasteiger partial charge is 0.0521 e. The van der Waals surface area contributed by atoms with Crippen LogP contribution in [0.25, 0.3) is 0 Å². The third-order valence-corrected chi connectivity index (χ3v) is 4.40. The van der Waals surface area contributed by atoms with Crippen LogP contribution in [0.1, 0.15) is 39.5 Å². The Hall–Kier alpha value is -0.120. The van der Waals surface area contributed by atoms with Gasteiger partial charge in [0.25, 0.3) is 0 Å². The van der Waals surface area contributed by atoms with Gasteiger partial charge in [-0.3, -0.25) is 4.90 Å². The molecule has 3 nitrogen and oxygen atoms in total. The molecule has 0 amide bonds. The van der Waals surface area contributed by atoms with Crippen LogP contribution in [0.2, 0.25) is 0 Å². The van der Waals surface area contributed by atoms with Gasteiger partial charge in [-0.2, -0.15) is 0 Å². The van der Waals surface area contributed by atoms with E-state index in [0.29, 0.717) is 12.0 Å². The van der Waals surface area contributed by atoms with Gasteiger partial charge in [-0.15, -0.1) is 0 Å². The molecule has 0 radical (unpaired) electrons. The Bertz CT molecular complexity index is 222.